The molecular formula is C12H18N3NaO5S2. The number of benzene rings is 1. The minimum absolute atomic E-state index is 0. The normalized spacial score (nSPS) is 16.7. The number of anilines is 2. The molecule has 124 valence electrons. The molecule has 1 aromatic rings. The van der Waals surface area contributed by atoms with Crippen molar-refractivity contribution in [1.29, 1.82) is 0 Å². The van der Waals surface area contributed by atoms with Gasteiger partial charge in [-0.2, -0.15) is 4.31 Å². The maximum absolute atomic E-state index is 11.8. The maximum atomic E-state index is 11.8. The van der Waals surface area contributed by atoms with E-state index in [0.29, 0.717) is 26.2 Å². The van der Waals surface area contributed by atoms with E-state index < -0.39 is 20.3 Å². The second-order valence-corrected chi connectivity index (χ2v) is 8.26. The van der Waals surface area contributed by atoms with Gasteiger partial charge in [0.05, 0.1) is 5.75 Å². The first kappa shape index (κ1) is 20.7. The first-order valence-electron chi connectivity index (χ1n) is 6.78. The summed E-state index contributed by atoms with van der Waals surface area (Å²) in [5.74, 6) is 0.0943. The molecule has 0 radical (unpaired) electrons. The molecule has 1 saturated heterocycles. The summed E-state index contributed by atoms with van der Waals surface area (Å²) in [7, 11) is -7.69. The van der Waals surface area contributed by atoms with E-state index in [1.54, 1.807) is 19.1 Å². The van der Waals surface area contributed by atoms with Crippen LogP contribution < -0.4 is 39.2 Å². The van der Waals surface area contributed by atoms with Crippen molar-refractivity contribution in [1.82, 2.24) is 4.31 Å². The Kier molecular flexibility index (Phi) is 7.33. The molecule has 0 aliphatic carbocycles. The van der Waals surface area contributed by atoms with E-state index in [2.05, 4.69) is 0 Å². The van der Waals surface area contributed by atoms with Gasteiger partial charge in [-0.15, -0.1) is 0 Å². The Hall–Kier alpha value is -0.360. The van der Waals surface area contributed by atoms with Gasteiger partial charge in [0.1, 0.15) is 0 Å². The third-order valence-corrected chi connectivity index (χ3v) is 5.84. The van der Waals surface area contributed by atoms with Crippen LogP contribution in [0.1, 0.15) is 6.92 Å². The molecule has 8 nitrogen and oxygen atoms in total. The number of rotatable bonds is 5. The Labute approximate surface area is 159 Å². The van der Waals surface area contributed by atoms with Crippen LogP contribution in [0.25, 0.3) is 0 Å². The van der Waals surface area contributed by atoms with E-state index in [-0.39, 0.29) is 41.0 Å². The third-order valence-electron chi connectivity index (χ3n) is 3.47. The van der Waals surface area contributed by atoms with Crippen molar-refractivity contribution < 1.29 is 50.9 Å². The average molecular weight is 371 g/mol. The minimum Gasteiger partial charge on any atom is -0.731 e. The van der Waals surface area contributed by atoms with E-state index in [9.17, 15) is 21.4 Å². The predicted molar refractivity (Wildman–Crippen MR) is 83.0 cm³/mol. The first-order chi connectivity index (χ1) is 10.2. The Morgan fingerprint density at radius 1 is 1.04 bits per heavy atom. The first-order valence-corrected chi connectivity index (χ1v) is 9.79. The third kappa shape index (κ3) is 5.89. The molecule has 0 atom stereocenters. The molecule has 0 spiro atoms. The summed E-state index contributed by atoms with van der Waals surface area (Å²) in [6.07, 6.45) is 0. The number of nitrogens with zero attached hydrogens (tertiary/aromatic N) is 2. The molecule has 0 unspecified atom stereocenters. The molecule has 0 amide bonds. The molecule has 1 N–H and O–H groups in total. The summed E-state index contributed by atoms with van der Waals surface area (Å²) in [5.41, 5.74) is 1.05. The molecule has 2 rings (SSSR count). The van der Waals surface area contributed by atoms with Gasteiger partial charge in [-0.25, -0.2) is 16.8 Å². The zero-order chi connectivity index (χ0) is 16.4. The molecule has 1 fully saturated rings. The van der Waals surface area contributed by atoms with Crippen LogP contribution in [-0.4, -0.2) is 57.6 Å². The monoisotopic (exact) mass is 371 g/mol. The van der Waals surface area contributed by atoms with Gasteiger partial charge in [0.15, 0.2) is 10.3 Å². The van der Waals surface area contributed by atoms with Crippen molar-refractivity contribution in [3.63, 3.8) is 0 Å². The van der Waals surface area contributed by atoms with E-state index in [4.69, 9.17) is 0 Å². The number of hydrogen-bond acceptors (Lipinski definition) is 6. The number of nitrogens with one attached hydrogen (secondary N) is 1. The molecule has 1 aliphatic heterocycles. The van der Waals surface area contributed by atoms with E-state index in [0.717, 1.165) is 5.69 Å². The second-order valence-electron chi connectivity index (χ2n) is 4.89. The molecular weight excluding hydrogens is 353 g/mol. The van der Waals surface area contributed by atoms with Crippen LogP contribution >= 0.6 is 0 Å². The van der Waals surface area contributed by atoms with Gasteiger partial charge in [-0.05, 0) is 31.2 Å². The summed E-state index contributed by atoms with van der Waals surface area (Å²) < 4.78 is 58.7. The summed E-state index contributed by atoms with van der Waals surface area (Å²) in [6, 6.07) is 6.38. The Morgan fingerprint density at radius 2 is 1.57 bits per heavy atom. The molecule has 1 heterocycles. The summed E-state index contributed by atoms with van der Waals surface area (Å²) >= 11 is 0. The van der Waals surface area contributed by atoms with Gasteiger partial charge >= 0.3 is 29.6 Å². The fraction of sp³-hybridized carbons (Fsp3) is 0.500. The molecule has 1 aromatic carbocycles. The molecule has 0 aromatic heterocycles. The van der Waals surface area contributed by atoms with Crippen LogP contribution in [-0.2, 0) is 20.3 Å². The summed E-state index contributed by atoms with van der Waals surface area (Å²) in [5, 5.41) is 0. The molecule has 0 saturated carbocycles. The standard InChI is InChI=1S/C12H19N3O5S2.Na/c1-2-21(16,17)15-9-7-14(8-10-15)12-5-3-11(4-6-12)13-22(18,19)20;/h3-6,13H,2,7-10H2,1H3,(H,18,19,20);/q;+1/p-1. The molecule has 1 aliphatic rings. The summed E-state index contributed by atoms with van der Waals surface area (Å²) in [6.45, 7) is 3.59. The molecule has 11 heteroatoms. The van der Waals surface area contributed by atoms with Crippen LogP contribution in [0.4, 0.5) is 11.4 Å². The van der Waals surface area contributed by atoms with Crippen molar-refractivity contribution in [3.05, 3.63) is 24.3 Å². The quantitative estimate of drug-likeness (QED) is 0.437. The SMILES string of the molecule is CCS(=O)(=O)N1CCN(c2ccc(NS(=O)(=O)[O-])cc2)CC1.[Na+]. The van der Waals surface area contributed by atoms with Crippen LogP contribution in [0.2, 0.25) is 0 Å². The number of sulfonamides is 1. The smallest absolute Gasteiger partial charge is 0.731 e. The predicted octanol–water partition coefficient (Wildman–Crippen LogP) is -2.97. The van der Waals surface area contributed by atoms with Gasteiger partial charge in [-0.1, -0.05) is 0 Å². The van der Waals surface area contributed by atoms with Crippen molar-refractivity contribution in [2.24, 2.45) is 0 Å². The average Bonchev–Trinajstić information content (AvgIpc) is 2.46. The van der Waals surface area contributed by atoms with Crippen LogP contribution in [0.15, 0.2) is 24.3 Å². The van der Waals surface area contributed by atoms with E-state index in [1.165, 1.54) is 16.4 Å². The topological polar surface area (TPSA) is 110 Å². The van der Waals surface area contributed by atoms with Gasteiger partial charge < -0.3 is 9.45 Å². The molecule has 23 heavy (non-hydrogen) atoms. The van der Waals surface area contributed by atoms with Crippen LogP contribution in [0.3, 0.4) is 0 Å². The van der Waals surface area contributed by atoms with E-state index in [1.807, 2.05) is 9.62 Å². The van der Waals surface area contributed by atoms with Gasteiger partial charge in [0, 0.05) is 37.6 Å². The maximum Gasteiger partial charge on any atom is 1.00 e. The van der Waals surface area contributed by atoms with Crippen molar-refractivity contribution >= 4 is 31.7 Å². The van der Waals surface area contributed by atoms with Gasteiger partial charge in [0.25, 0.3) is 0 Å². The Morgan fingerprint density at radius 3 is 2.00 bits per heavy atom. The zero-order valence-corrected chi connectivity index (χ0v) is 16.7. The van der Waals surface area contributed by atoms with Crippen LogP contribution in [0.5, 0.6) is 0 Å². The number of hydrogen-bond donors (Lipinski definition) is 1. The minimum atomic E-state index is -4.53. The van der Waals surface area contributed by atoms with Crippen molar-refractivity contribution in [2.75, 3.05) is 41.6 Å². The number of piperazine rings is 1. The fourth-order valence-electron chi connectivity index (χ4n) is 2.29. The molecule has 0 bridgehead atoms. The Balaban J connectivity index is 0.00000264. The summed E-state index contributed by atoms with van der Waals surface area (Å²) in [4.78, 5) is 2.01. The van der Waals surface area contributed by atoms with Crippen molar-refractivity contribution in [2.45, 2.75) is 6.92 Å². The van der Waals surface area contributed by atoms with Gasteiger partial charge in [-0.3, -0.25) is 4.72 Å². The van der Waals surface area contributed by atoms with Crippen molar-refractivity contribution in [3.8, 4) is 0 Å². The zero-order valence-electron chi connectivity index (χ0n) is 13.1. The largest absolute Gasteiger partial charge is 1.00 e. The second kappa shape index (κ2) is 8.15. The van der Waals surface area contributed by atoms with E-state index >= 15 is 0 Å². The van der Waals surface area contributed by atoms with Gasteiger partial charge in [0.2, 0.25) is 10.0 Å². The fourth-order valence-corrected chi connectivity index (χ4v) is 3.80. The van der Waals surface area contributed by atoms with Crippen LogP contribution in [0, 0.1) is 0 Å². The Bertz CT molecular complexity index is 714.